The first kappa shape index (κ1) is 15.4. The summed E-state index contributed by atoms with van der Waals surface area (Å²) in [5.74, 6) is -0.118. The van der Waals surface area contributed by atoms with Crippen LogP contribution in [0.1, 0.15) is 17.3 Å². The zero-order valence-corrected chi connectivity index (χ0v) is 12.1. The first-order chi connectivity index (χ1) is 10.5. The molecular weight excluding hydrogens is 288 g/mol. The first-order valence-corrected chi connectivity index (χ1v) is 6.47. The highest BCUT2D eigenvalue weighted by Gasteiger charge is 2.22. The lowest BCUT2D eigenvalue weighted by Gasteiger charge is -2.13. The molecule has 7 heteroatoms. The predicted molar refractivity (Wildman–Crippen MR) is 78.3 cm³/mol. The Morgan fingerprint density at radius 1 is 1.27 bits per heavy atom. The highest BCUT2D eigenvalue weighted by Crippen LogP contribution is 2.25. The molecule has 0 saturated heterocycles. The predicted octanol–water partition coefficient (Wildman–Crippen LogP) is 2.65. The quantitative estimate of drug-likeness (QED) is 0.463. The summed E-state index contributed by atoms with van der Waals surface area (Å²) in [6, 6.07) is 9.45. The van der Waals surface area contributed by atoms with E-state index in [0.717, 1.165) is 0 Å². The molecule has 2 rings (SSSR count). The SMILES string of the molecule is COc1ccc(C(=O)[C@@H](C)Oc2cccnc2[N+](=O)[O-])cc1. The van der Waals surface area contributed by atoms with Crippen LogP contribution in [0.2, 0.25) is 0 Å². The molecule has 0 N–H and O–H groups in total. The second-order valence-corrected chi connectivity index (χ2v) is 4.44. The van der Waals surface area contributed by atoms with Gasteiger partial charge in [-0.15, -0.1) is 0 Å². The Balaban J connectivity index is 2.16. The van der Waals surface area contributed by atoms with Gasteiger partial charge in [0, 0.05) is 5.56 Å². The van der Waals surface area contributed by atoms with Crippen molar-refractivity contribution in [3.05, 3.63) is 58.3 Å². The van der Waals surface area contributed by atoms with Crippen LogP contribution < -0.4 is 9.47 Å². The molecule has 0 radical (unpaired) electrons. The molecule has 114 valence electrons. The number of ether oxygens (including phenoxy) is 2. The average Bonchev–Trinajstić information content (AvgIpc) is 2.54. The zero-order valence-electron chi connectivity index (χ0n) is 12.1. The fraction of sp³-hybridized carbons (Fsp3) is 0.200. The van der Waals surface area contributed by atoms with E-state index in [9.17, 15) is 14.9 Å². The molecule has 0 aliphatic rings. The Morgan fingerprint density at radius 2 is 1.95 bits per heavy atom. The lowest BCUT2D eigenvalue weighted by molar-refractivity contribution is -0.390. The van der Waals surface area contributed by atoms with E-state index in [1.807, 2.05) is 0 Å². The molecule has 0 fully saturated rings. The van der Waals surface area contributed by atoms with E-state index in [1.54, 1.807) is 24.3 Å². The monoisotopic (exact) mass is 302 g/mol. The van der Waals surface area contributed by atoms with Gasteiger partial charge in [-0.2, -0.15) is 0 Å². The fourth-order valence-electron chi connectivity index (χ4n) is 1.85. The number of pyridine rings is 1. The molecule has 0 saturated carbocycles. The number of nitro groups is 1. The van der Waals surface area contributed by atoms with Gasteiger partial charge in [-0.25, -0.2) is 0 Å². The second-order valence-electron chi connectivity index (χ2n) is 4.44. The van der Waals surface area contributed by atoms with Crippen LogP contribution in [0.15, 0.2) is 42.6 Å². The number of rotatable bonds is 6. The van der Waals surface area contributed by atoms with E-state index >= 15 is 0 Å². The van der Waals surface area contributed by atoms with Crippen LogP contribution in [0.3, 0.4) is 0 Å². The van der Waals surface area contributed by atoms with Crippen molar-refractivity contribution in [1.82, 2.24) is 4.98 Å². The van der Waals surface area contributed by atoms with Crippen LogP contribution in [0, 0.1) is 10.1 Å². The summed E-state index contributed by atoms with van der Waals surface area (Å²) in [4.78, 5) is 26.1. The maximum absolute atomic E-state index is 12.3. The lowest BCUT2D eigenvalue weighted by Crippen LogP contribution is -2.24. The highest BCUT2D eigenvalue weighted by molar-refractivity contribution is 5.99. The molecule has 0 spiro atoms. The molecule has 1 aromatic heterocycles. The van der Waals surface area contributed by atoms with Gasteiger partial charge in [0.1, 0.15) is 11.9 Å². The highest BCUT2D eigenvalue weighted by atomic mass is 16.6. The van der Waals surface area contributed by atoms with Gasteiger partial charge >= 0.3 is 5.82 Å². The Kier molecular flexibility index (Phi) is 4.67. The Labute approximate surface area is 126 Å². The molecular formula is C15H14N2O5. The molecule has 2 aromatic rings. The molecule has 0 bridgehead atoms. The number of carbonyl (C=O) groups excluding carboxylic acids is 1. The molecule has 0 aliphatic heterocycles. The molecule has 0 aliphatic carbocycles. The molecule has 1 heterocycles. The number of ketones is 1. The number of carbonyl (C=O) groups is 1. The minimum Gasteiger partial charge on any atom is -0.497 e. The number of hydrogen-bond acceptors (Lipinski definition) is 6. The van der Waals surface area contributed by atoms with Crippen LogP contribution in [-0.4, -0.2) is 28.9 Å². The lowest BCUT2D eigenvalue weighted by atomic mass is 10.1. The Bertz CT molecular complexity index is 685. The van der Waals surface area contributed by atoms with Crippen LogP contribution in [0.25, 0.3) is 0 Å². The average molecular weight is 302 g/mol. The van der Waals surface area contributed by atoms with Crippen molar-refractivity contribution in [3.63, 3.8) is 0 Å². The molecule has 0 unspecified atom stereocenters. The summed E-state index contributed by atoms with van der Waals surface area (Å²) in [6.07, 6.45) is 0.414. The van der Waals surface area contributed by atoms with Crippen LogP contribution in [0.4, 0.5) is 5.82 Å². The van der Waals surface area contributed by atoms with Crippen molar-refractivity contribution in [2.45, 2.75) is 13.0 Å². The maximum atomic E-state index is 12.3. The summed E-state index contributed by atoms with van der Waals surface area (Å²) < 4.78 is 10.4. The third kappa shape index (κ3) is 3.38. The second kappa shape index (κ2) is 6.66. The topological polar surface area (TPSA) is 91.6 Å². The van der Waals surface area contributed by atoms with E-state index in [-0.39, 0.29) is 11.5 Å². The van der Waals surface area contributed by atoms with Gasteiger partial charge in [0.05, 0.1) is 7.11 Å². The Hall–Kier alpha value is -2.96. The van der Waals surface area contributed by atoms with Crippen molar-refractivity contribution >= 4 is 11.6 Å². The molecule has 7 nitrogen and oxygen atoms in total. The third-order valence-corrected chi connectivity index (χ3v) is 2.97. The fourth-order valence-corrected chi connectivity index (χ4v) is 1.85. The standard InChI is InChI=1S/C15H14N2O5/c1-10(14(18)11-5-7-12(21-2)8-6-11)22-13-4-3-9-16-15(13)17(19)20/h3-10H,1-2H3/t10-/m1/s1. The zero-order chi connectivity index (χ0) is 16.1. The van der Waals surface area contributed by atoms with E-state index < -0.39 is 16.8 Å². The van der Waals surface area contributed by atoms with E-state index in [2.05, 4.69) is 4.98 Å². The minimum atomic E-state index is -0.878. The van der Waals surface area contributed by atoms with Crippen molar-refractivity contribution < 1.29 is 19.2 Å². The van der Waals surface area contributed by atoms with Crippen molar-refractivity contribution in [1.29, 1.82) is 0 Å². The van der Waals surface area contributed by atoms with Crippen LogP contribution >= 0.6 is 0 Å². The first-order valence-electron chi connectivity index (χ1n) is 6.47. The van der Waals surface area contributed by atoms with Gasteiger partial charge in [-0.05, 0) is 53.2 Å². The summed E-state index contributed by atoms with van der Waals surface area (Å²) in [5.41, 5.74) is 0.430. The normalized spacial score (nSPS) is 11.5. The van der Waals surface area contributed by atoms with E-state index in [0.29, 0.717) is 11.3 Å². The van der Waals surface area contributed by atoms with Crippen LogP contribution in [-0.2, 0) is 0 Å². The summed E-state index contributed by atoms with van der Waals surface area (Å²) in [7, 11) is 1.53. The number of benzene rings is 1. The molecule has 22 heavy (non-hydrogen) atoms. The van der Waals surface area contributed by atoms with Gasteiger partial charge in [-0.1, -0.05) is 0 Å². The van der Waals surface area contributed by atoms with Gasteiger partial charge in [-0.3, -0.25) is 4.79 Å². The van der Waals surface area contributed by atoms with E-state index in [1.165, 1.54) is 32.4 Å². The van der Waals surface area contributed by atoms with Crippen molar-refractivity contribution in [3.8, 4) is 11.5 Å². The molecule has 0 amide bonds. The maximum Gasteiger partial charge on any atom is 0.406 e. The molecule has 1 aromatic carbocycles. The van der Waals surface area contributed by atoms with Crippen LogP contribution in [0.5, 0.6) is 11.5 Å². The summed E-state index contributed by atoms with van der Waals surface area (Å²) in [6.45, 7) is 1.53. The van der Waals surface area contributed by atoms with Gasteiger partial charge in [0.2, 0.25) is 11.5 Å². The van der Waals surface area contributed by atoms with Crippen molar-refractivity contribution in [2.75, 3.05) is 7.11 Å². The number of aromatic nitrogens is 1. The number of hydrogen-bond donors (Lipinski definition) is 0. The third-order valence-electron chi connectivity index (χ3n) is 2.97. The van der Waals surface area contributed by atoms with E-state index in [4.69, 9.17) is 9.47 Å². The van der Waals surface area contributed by atoms with Gasteiger partial charge < -0.3 is 19.6 Å². The van der Waals surface area contributed by atoms with Gasteiger partial charge in [0.15, 0.2) is 6.10 Å². The van der Waals surface area contributed by atoms with Gasteiger partial charge in [0.25, 0.3) is 0 Å². The number of nitrogens with zero attached hydrogens (tertiary/aromatic N) is 2. The molecule has 1 atom stereocenters. The summed E-state index contributed by atoms with van der Waals surface area (Å²) >= 11 is 0. The number of methoxy groups -OCH3 is 1. The van der Waals surface area contributed by atoms with Crippen molar-refractivity contribution in [2.24, 2.45) is 0 Å². The largest absolute Gasteiger partial charge is 0.497 e. The summed E-state index contributed by atoms with van der Waals surface area (Å²) in [5, 5.41) is 10.9. The number of Topliss-reactive ketones (excluding diaryl/α,β-unsaturated/α-hetero) is 1. The Morgan fingerprint density at radius 3 is 2.55 bits per heavy atom. The smallest absolute Gasteiger partial charge is 0.406 e. The minimum absolute atomic E-state index is 0.0399.